The first-order valence-electron chi connectivity index (χ1n) is 1.95. The van der Waals surface area contributed by atoms with Gasteiger partial charge in [0, 0.05) is 0 Å². The van der Waals surface area contributed by atoms with Crippen LogP contribution >= 0.6 is 0 Å². The van der Waals surface area contributed by atoms with Crippen LogP contribution in [0.15, 0.2) is 0 Å². The second-order valence-electron chi connectivity index (χ2n) is 1.33. The Morgan fingerprint density at radius 3 is 1.42 bits per heavy atom. The minimum absolute atomic E-state index is 0. The number of thiol groups is 1. The van der Waals surface area contributed by atoms with Gasteiger partial charge in [0.05, 0.1) is 0 Å². The predicted molar refractivity (Wildman–Crippen MR) is 29.6 cm³/mol. The van der Waals surface area contributed by atoms with Gasteiger partial charge < -0.3 is 0 Å². The molecule has 0 saturated carbocycles. The minimum atomic E-state index is -6.01. The molecule has 0 saturated heterocycles. The summed E-state index contributed by atoms with van der Waals surface area (Å²) in [7, 11) is -4.22. The topological polar surface area (TPSA) is 43.4 Å². The summed E-state index contributed by atoms with van der Waals surface area (Å²) in [4.78, 5) is 0. The molecule has 0 aromatic rings. The van der Waals surface area contributed by atoms with Gasteiger partial charge in [-0.15, -0.1) is 0 Å². The number of hydrogen-bond acceptors (Lipinski definition) is 3. The van der Waals surface area contributed by atoms with Crippen LogP contribution in [0.3, 0.4) is 0 Å². The first-order valence-corrected chi connectivity index (χ1v) is 3.04. The van der Waals surface area contributed by atoms with Gasteiger partial charge in [0.2, 0.25) is 0 Å². The summed E-state index contributed by atoms with van der Waals surface area (Å²) in [5.41, 5.74) is 0. The van der Waals surface area contributed by atoms with E-state index in [1.165, 1.54) is 0 Å². The van der Waals surface area contributed by atoms with Crippen molar-refractivity contribution in [3.8, 4) is 0 Å². The Bertz CT molecular complexity index is 201. The second kappa shape index (κ2) is 5.48. The molecule has 0 heterocycles. The van der Waals surface area contributed by atoms with Crippen molar-refractivity contribution in [3.05, 3.63) is 0 Å². The monoisotopic (exact) mass is 334 g/mol. The molecule has 0 atom stereocenters. The molecule has 0 aliphatic carbocycles. The third-order valence-corrected chi connectivity index (χ3v) is 0.898. The van der Waals surface area contributed by atoms with Crippen molar-refractivity contribution in [2.24, 2.45) is 0 Å². The number of hydrogen-bond donors (Lipinski definition) is 1. The molecule has 0 amide bonds. The maximum absolute atomic E-state index is 11.5. The molecule has 0 fully saturated rings. The molecule has 0 spiro atoms. The van der Waals surface area contributed by atoms with Gasteiger partial charge in [-0.1, -0.05) is 0 Å². The Balaban J connectivity index is 0. The van der Waals surface area contributed by atoms with Crippen molar-refractivity contribution < 1.29 is 34.6 Å². The van der Waals surface area contributed by atoms with Crippen LogP contribution in [0.25, 0.3) is 0 Å². The summed E-state index contributed by atoms with van der Waals surface area (Å²) in [6.07, 6.45) is -11.6. The fourth-order valence-corrected chi connectivity index (χ4v) is 0.436. The van der Waals surface area contributed by atoms with E-state index in [0.717, 1.165) is 0 Å². The number of rotatable bonds is 2. The van der Waals surface area contributed by atoms with E-state index in [0.29, 0.717) is 0 Å². The van der Waals surface area contributed by atoms with E-state index in [1.54, 1.807) is 0 Å². The Labute approximate surface area is 124 Å². The molecule has 0 N–H and O–H groups in total. The van der Waals surface area contributed by atoms with Crippen LogP contribution in [0.5, 0.6) is 0 Å². The van der Waals surface area contributed by atoms with E-state index in [4.69, 9.17) is 0 Å². The molecular formula is C2H2CsF5O3S. The Morgan fingerprint density at radius 1 is 1.00 bits per heavy atom. The summed E-state index contributed by atoms with van der Waals surface area (Å²) >= 11 is 0. The molecule has 0 aromatic carbocycles. The van der Waals surface area contributed by atoms with Gasteiger partial charge in [-0.25, -0.2) is 8.42 Å². The van der Waals surface area contributed by atoms with Crippen molar-refractivity contribution in [2.75, 3.05) is 0 Å². The zero-order chi connectivity index (χ0) is 9.28. The van der Waals surface area contributed by atoms with Crippen molar-refractivity contribution in [2.45, 2.75) is 12.3 Å². The normalized spacial score (nSPS) is 12.8. The Morgan fingerprint density at radius 2 is 1.33 bits per heavy atom. The van der Waals surface area contributed by atoms with E-state index < -0.39 is 23.3 Å². The molecule has 0 aromatic heterocycles. The van der Waals surface area contributed by atoms with E-state index in [1.807, 2.05) is 0 Å². The summed E-state index contributed by atoms with van der Waals surface area (Å²) in [6, 6.07) is 0. The van der Waals surface area contributed by atoms with Crippen molar-refractivity contribution >= 4 is 79.9 Å². The van der Waals surface area contributed by atoms with Gasteiger partial charge in [-0.05, 0) is 0 Å². The molecule has 0 bridgehead atoms. The number of alkyl halides is 5. The fourth-order valence-electron chi connectivity index (χ4n) is 0.145. The van der Waals surface area contributed by atoms with Crippen LogP contribution in [0.1, 0.15) is 0 Å². The molecule has 0 aliphatic rings. The average molecular weight is 334 g/mol. The van der Waals surface area contributed by atoms with Gasteiger partial charge in [0.15, 0.2) is 0 Å². The predicted octanol–water partition coefficient (Wildman–Crippen LogP) is 0.0360. The van der Waals surface area contributed by atoms with Crippen LogP contribution < -0.4 is 0 Å². The third-order valence-electron chi connectivity index (χ3n) is 0.519. The molecule has 10 heteroatoms. The van der Waals surface area contributed by atoms with Crippen LogP contribution in [0.4, 0.5) is 22.0 Å². The third kappa shape index (κ3) is 5.37. The van der Waals surface area contributed by atoms with Gasteiger partial charge in [0.1, 0.15) is 0 Å². The van der Waals surface area contributed by atoms with Crippen LogP contribution in [-0.4, -0.2) is 89.6 Å². The van der Waals surface area contributed by atoms with Crippen molar-refractivity contribution in [1.29, 1.82) is 0 Å². The molecule has 0 rings (SSSR count). The molecule has 12 heavy (non-hydrogen) atoms. The van der Waals surface area contributed by atoms with Gasteiger partial charge >= 0.3 is 81.2 Å². The molecule has 0 aliphatic heterocycles. The molecule has 0 unspecified atom stereocenters. The fraction of sp³-hybridized carbons (Fsp3) is 1.00. The average Bonchev–Trinajstić information content (AvgIpc) is 1.56. The molecular weight excluding hydrogens is 332 g/mol. The second-order valence-corrected chi connectivity index (χ2v) is 1.96. The van der Waals surface area contributed by atoms with E-state index in [-0.39, 0.29) is 68.9 Å². The Kier molecular flexibility index (Phi) is 7.34. The van der Waals surface area contributed by atoms with Crippen molar-refractivity contribution in [3.63, 3.8) is 0 Å². The summed E-state index contributed by atoms with van der Waals surface area (Å²) in [6.45, 7) is 0. The van der Waals surface area contributed by atoms with Crippen molar-refractivity contribution in [1.82, 2.24) is 0 Å². The van der Waals surface area contributed by atoms with Crippen LogP contribution in [0, 0.1) is 0 Å². The quantitative estimate of drug-likeness (QED) is 0.573. The zero-order valence-corrected chi connectivity index (χ0v) is 5.46. The van der Waals surface area contributed by atoms with E-state index in [9.17, 15) is 30.4 Å². The van der Waals surface area contributed by atoms with E-state index >= 15 is 0 Å². The summed E-state index contributed by atoms with van der Waals surface area (Å²) in [5.74, 6) is 0. The van der Waals surface area contributed by atoms with Gasteiger partial charge in [-0.3, -0.25) is 0 Å². The standard InChI is InChI=1S/C2HF5O3S.Cs.H/c3-1(4,5)2(6,7)10-11(8)9;;/h11H;;. The molecule has 70 valence electrons. The molecule has 0 radical (unpaired) electrons. The van der Waals surface area contributed by atoms with Gasteiger partial charge in [0.25, 0.3) is 11.0 Å². The first kappa shape index (κ1) is 16.1. The summed E-state index contributed by atoms with van der Waals surface area (Å²) < 4.78 is 76.9. The van der Waals surface area contributed by atoms with E-state index in [2.05, 4.69) is 4.18 Å². The summed E-state index contributed by atoms with van der Waals surface area (Å²) in [5, 5.41) is 0. The molecule has 3 nitrogen and oxygen atoms in total. The first-order chi connectivity index (χ1) is 4.67. The van der Waals surface area contributed by atoms with Crippen LogP contribution in [-0.2, 0) is 15.2 Å². The maximum atomic E-state index is 11.5. The van der Waals surface area contributed by atoms with Crippen LogP contribution in [0.2, 0.25) is 0 Å². The van der Waals surface area contributed by atoms with Gasteiger partial charge in [-0.2, -0.15) is 26.1 Å². The number of halogens is 5. The Hall–Kier alpha value is 1.61. The zero-order valence-electron chi connectivity index (χ0n) is 4.56. The SMILES string of the molecule is O=[SH](=O)OC(F)(F)C(F)(F)F.[CsH].